The number of H-pyrrole nitrogens is 1. The van der Waals surface area contributed by atoms with E-state index in [-0.39, 0.29) is 11.9 Å². The Bertz CT molecular complexity index is 1510. The lowest BCUT2D eigenvalue weighted by atomic mass is 9.98. The van der Waals surface area contributed by atoms with Gasteiger partial charge in [0.2, 0.25) is 0 Å². The highest BCUT2D eigenvalue weighted by Gasteiger charge is 2.32. The Morgan fingerprint density at radius 2 is 1.73 bits per heavy atom. The van der Waals surface area contributed by atoms with E-state index in [1.807, 2.05) is 36.4 Å². The average molecular weight is 432 g/mol. The van der Waals surface area contributed by atoms with Crippen LogP contribution in [-0.2, 0) is 0 Å². The average Bonchev–Trinajstić information content (AvgIpc) is 3.43. The van der Waals surface area contributed by atoms with Crippen LogP contribution in [-0.4, -0.2) is 28.0 Å². The third-order valence-electron chi connectivity index (χ3n) is 6.11. The molecule has 1 atom stereocenters. The molecule has 6 heteroatoms. The Morgan fingerprint density at radius 3 is 2.58 bits per heavy atom. The lowest BCUT2D eigenvalue weighted by molar-refractivity contribution is 0.0943. The number of ether oxygens (including phenoxy) is 1. The molecule has 0 fully saturated rings. The van der Waals surface area contributed by atoms with Crippen molar-refractivity contribution in [3.05, 3.63) is 102 Å². The van der Waals surface area contributed by atoms with Crippen LogP contribution in [0.15, 0.2) is 85.2 Å². The highest BCUT2D eigenvalue weighted by atomic mass is 16.5. The van der Waals surface area contributed by atoms with Gasteiger partial charge in [0, 0.05) is 29.6 Å². The molecular weight excluding hydrogens is 412 g/mol. The van der Waals surface area contributed by atoms with Crippen molar-refractivity contribution < 1.29 is 9.53 Å². The number of fused-ring (bicyclic) bond motifs is 4. The number of carbonyl (C=O) groups is 1. The van der Waals surface area contributed by atoms with Crippen LogP contribution in [0.2, 0.25) is 0 Å². The first-order chi connectivity index (χ1) is 16.2. The number of hydrogen-bond donors (Lipinski definition) is 2. The molecule has 0 unspecified atom stereocenters. The van der Waals surface area contributed by atoms with Crippen molar-refractivity contribution in [2.75, 3.05) is 7.11 Å². The second kappa shape index (κ2) is 7.60. The van der Waals surface area contributed by atoms with Gasteiger partial charge in [-0.1, -0.05) is 42.5 Å². The largest absolute Gasteiger partial charge is 0.497 e. The Labute approximate surface area is 190 Å². The summed E-state index contributed by atoms with van der Waals surface area (Å²) in [6, 6.07) is 23.3. The number of methoxy groups -OCH3 is 1. The molecule has 33 heavy (non-hydrogen) atoms. The number of hydrogen-bond acceptors (Lipinski definition) is 4. The molecule has 2 heterocycles. The van der Waals surface area contributed by atoms with Crippen molar-refractivity contribution in [3.8, 4) is 28.3 Å². The van der Waals surface area contributed by atoms with Crippen molar-refractivity contribution in [2.45, 2.75) is 6.04 Å². The van der Waals surface area contributed by atoms with Crippen LogP contribution in [0.3, 0.4) is 0 Å². The zero-order chi connectivity index (χ0) is 22.4. The minimum atomic E-state index is -0.249. The van der Waals surface area contributed by atoms with E-state index < -0.39 is 0 Å². The van der Waals surface area contributed by atoms with Crippen LogP contribution >= 0.6 is 0 Å². The van der Waals surface area contributed by atoms with E-state index in [1.165, 1.54) is 0 Å². The van der Waals surface area contributed by atoms with E-state index in [4.69, 9.17) is 9.72 Å². The molecule has 6 rings (SSSR count). The van der Waals surface area contributed by atoms with Gasteiger partial charge in [-0.15, -0.1) is 0 Å². The molecule has 5 aromatic rings. The molecule has 1 amide bonds. The molecule has 0 aliphatic heterocycles. The molecule has 1 aliphatic rings. The molecule has 0 saturated carbocycles. The van der Waals surface area contributed by atoms with Crippen LogP contribution in [0.25, 0.3) is 33.5 Å². The first-order valence-electron chi connectivity index (χ1n) is 10.7. The molecule has 0 saturated heterocycles. The quantitative estimate of drug-likeness (QED) is 0.412. The minimum Gasteiger partial charge on any atom is -0.497 e. The standard InChI is InChI=1S/C27H20N4O2/c1-33-17-9-10-22-23(15-17)30-26(29-22)21-8-4-7-20-24(21)18-5-2-3-6-19(18)25(20)31-27(32)16-11-13-28-14-12-16/h2-15,25H,1H3,(H,29,30)(H,31,32)/t25-/m1/s1. The zero-order valence-electron chi connectivity index (χ0n) is 17.9. The fourth-order valence-electron chi connectivity index (χ4n) is 4.57. The van der Waals surface area contributed by atoms with E-state index in [2.05, 4.69) is 39.6 Å². The monoisotopic (exact) mass is 432 g/mol. The van der Waals surface area contributed by atoms with Crippen molar-refractivity contribution in [1.29, 1.82) is 0 Å². The molecule has 0 radical (unpaired) electrons. The Kier molecular flexibility index (Phi) is 4.43. The summed E-state index contributed by atoms with van der Waals surface area (Å²) in [4.78, 5) is 25.3. The van der Waals surface area contributed by atoms with Gasteiger partial charge >= 0.3 is 0 Å². The van der Waals surface area contributed by atoms with Crippen LogP contribution in [0, 0.1) is 0 Å². The summed E-state index contributed by atoms with van der Waals surface area (Å²) in [5.74, 6) is 1.43. The molecule has 1 aliphatic carbocycles. The number of aromatic amines is 1. The second-order valence-corrected chi connectivity index (χ2v) is 7.97. The van der Waals surface area contributed by atoms with Crippen LogP contribution in [0.4, 0.5) is 0 Å². The number of pyridine rings is 1. The van der Waals surface area contributed by atoms with Crippen molar-refractivity contribution in [2.24, 2.45) is 0 Å². The van der Waals surface area contributed by atoms with Gasteiger partial charge in [0.25, 0.3) is 5.91 Å². The third kappa shape index (κ3) is 3.15. The zero-order valence-corrected chi connectivity index (χ0v) is 17.9. The lowest BCUT2D eigenvalue weighted by Gasteiger charge is -2.16. The Morgan fingerprint density at radius 1 is 0.939 bits per heavy atom. The topological polar surface area (TPSA) is 79.9 Å². The van der Waals surface area contributed by atoms with Crippen molar-refractivity contribution in [3.63, 3.8) is 0 Å². The number of rotatable bonds is 4. The highest BCUT2D eigenvalue weighted by molar-refractivity contribution is 5.97. The van der Waals surface area contributed by atoms with Gasteiger partial charge in [-0.05, 0) is 46.5 Å². The minimum absolute atomic E-state index is 0.133. The van der Waals surface area contributed by atoms with E-state index in [0.29, 0.717) is 5.56 Å². The van der Waals surface area contributed by atoms with Crippen LogP contribution in [0.5, 0.6) is 5.75 Å². The summed E-state index contributed by atoms with van der Waals surface area (Å²) in [6.45, 7) is 0. The maximum atomic E-state index is 13.0. The number of nitrogens with one attached hydrogen (secondary N) is 2. The van der Waals surface area contributed by atoms with Gasteiger partial charge in [0.15, 0.2) is 0 Å². The molecule has 6 nitrogen and oxygen atoms in total. The SMILES string of the molecule is COc1ccc2nc(-c3cccc4c3-c3ccccc3[C@H]4NC(=O)c3ccncc3)[nH]c2c1. The summed E-state index contributed by atoms with van der Waals surface area (Å²) in [6.07, 6.45) is 3.25. The first kappa shape index (κ1) is 19.3. The van der Waals surface area contributed by atoms with Gasteiger partial charge in [0.1, 0.15) is 11.6 Å². The second-order valence-electron chi connectivity index (χ2n) is 7.97. The summed E-state index contributed by atoms with van der Waals surface area (Å²) < 4.78 is 5.35. The number of nitrogens with zero attached hydrogens (tertiary/aromatic N) is 2. The van der Waals surface area contributed by atoms with Gasteiger partial charge in [-0.25, -0.2) is 4.98 Å². The van der Waals surface area contributed by atoms with Crippen LogP contribution < -0.4 is 10.1 Å². The molecule has 0 bridgehead atoms. The summed E-state index contributed by atoms with van der Waals surface area (Å²) >= 11 is 0. The van der Waals surface area contributed by atoms with E-state index in [0.717, 1.165) is 50.4 Å². The molecule has 2 N–H and O–H groups in total. The number of carbonyl (C=O) groups excluding carboxylic acids is 1. The van der Waals surface area contributed by atoms with E-state index >= 15 is 0 Å². The van der Waals surface area contributed by atoms with Gasteiger partial charge in [0.05, 0.1) is 24.2 Å². The van der Waals surface area contributed by atoms with Gasteiger partial charge in [-0.3, -0.25) is 9.78 Å². The van der Waals surface area contributed by atoms with E-state index in [9.17, 15) is 4.79 Å². The normalized spacial score (nSPS) is 14.0. The number of imidazole rings is 1. The Balaban J connectivity index is 1.48. The fourth-order valence-corrected chi connectivity index (χ4v) is 4.57. The number of aromatic nitrogens is 3. The molecule has 0 spiro atoms. The number of benzene rings is 3. The van der Waals surface area contributed by atoms with Crippen LogP contribution in [0.1, 0.15) is 27.5 Å². The van der Waals surface area contributed by atoms with E-state index in [1.54, 1.807) is 31.6 Å². The molecule has 3 aromatic carbocycles. The third-order valence-corrected chi connectivity index (χ3v) is 6.11. The smallest absolute Gasteiger partial charge is 0.252 e. The molecule has 160 valence electrons. The predicted molar refractivity (Wildman–Crippen MR) is 127 cm³/mol. The molecular formula is C27H20N4O2. The Hall–Kier alpha value is -4.45. The maximum absolute atomic E-state index is 13.0. The first-order valence-corrected chi connectivity index (χ1v) is 10.7. The number of amides is 1. The summed E-state index contributed by atoms with van der Waals surface area (Å²) in [5.41, 5.74) is 7.66. The molecule has 2 aromatic heterocycles. The predicted octanol–water partition coefficient (Wildman–Crippen LogP) is 5.13. The highest BCUT2D eigenvalue weighted by Crippen LogP contribution is 2.47. The van der Waals surface area contributed by atoms with Crippen molar-refractivity contribution in [1.82, 2.24) is 20.3 Å². The summed E-state index contributed by atoms with van der Waals surface area (Å²) in [5, 5.41) is 3.21. The van der Waals surface area contributed by atoms with Crippen molar-refractivity contribution >= 4 is 16.9 Å². The lowest BCUT2D eigenvalue weighted by Crippen LogP contribution is -2.28. The maximum Gasteiger partial charge on any atom is 0.252 e. The summed E-state index contributed by atoms with van der Waals surface area (Å²) in [7, 11) is 1.65. The van der Waals surface area contributed by atoms with Gasteiger partial charge < -0.3 is 15.0 Å². The fraction of sp³-hybridized carbons (Fsp3) is 0.0741. The van der Waals surface area contributed by atoms with Gasteiger partial charge in [-0.2, -0.15) is 0 Å².